The highest BCUT2D eigenvalue weighted by molar-refractivity contribution is 8.00. The number of anilines is 2. The zero-order chi connectivity index (χ0) is 32.3. The van der Waals surface area contributed by atoms with Crippen LogP contribution in [0.1, 0.15) is 22.8 Å². The Balaban J connectivity index is 1.31. The molecule has 0 spiro atoms. The van der Waals surface area contributed by atoms with Crippen molar-refractivity contribution in [3.05, 3.63) is 150 Å². The van der Waals surface area contributed by atoms with Crippen LogP contribution in [0.2, 0.25) is 0 Å². The minimum atomic E-state index is -0.484. The molecule has 1 unspecified atom stereocenters. The second-order valence-corrected chi connectivity index (χ2v) is 11.7. The molecular weight excluding hydrogens is 595 g/mol. The Labute approximate surface area is 272 Å². The Morgan fingerprint density at radius 3 is 2.02 bits per heavy atom. The third-order valence-electron chi connectivity index (χ3n) is 6.97. The molecule has 3 N–H and O–H groups in total. The quantitative estimate of drug-likeness (QED) is 0.102. The van der Waals surface area contributed by atoms with Gasteiger partial charge in [-0.2, -0.15) is 0 Å². The smallest absolute Gasteiger partial charge is 0.272 e. The van der Waals surface area contributed by atoms with Crippen molar-refractivity contribution in [2.75, 3.05) is 17.7 Å². The van der Waals surface area contributed by atoms with Crippen molar-refractivity contribution < 1.29 is 19.1 Å². The number of hydrogen-bond donors (Lipinski definition) is 3. The van der Waals surface area contributed by atoms with Crippen LogP contribution in [-0.2, 0) is 9.59 Å². The molecule has 0 bridgehead atoms. The number of benzene rings is 5. The lowest BCUT2D eigenvalue weighted by molar-refractivity contribution is -0.115. The summed E-state index contributed by atoms with van der Waals surface area (Å²) in [7, 11) is 1.57. The monoisotopic (exact) mass is 627 g/mol. The normalized spacial score (nSPS) is 11.7. The molecule has 0 fully saturated rings. The van der Waals surface area contributed by atoms with E-state index in [9.17, 15) is 14.4 Å². The van der Waals surface area contributed by atoms with Gasteiger partial charge in [0.15, 0.2) is 0 Å². The number of methoxy groups -OCH3 is 1. The van der Waals surface area contributed by atoms with Gasteiger partial charge in [0, 0.05) is 27.9 Å². The summed E-state index contributed by atoms with van der Waals surface area (Å²) in [6.45, 7) is 1.81. The molecule has 3 amide bonds. The highest BCUT2D eigenvalue weighted by Crippen LogP contribution is 2.28. The second kappa shape index (κ2) is 15.4. The van der Waals surface area contributed by atoms with Crippen molar-refractivity contribution in [3.8, 4) is 16.9 Å². The van der Waals surface area contributed by atoms with E-state index < -0.39 is 17.1 Å². The topological polar surface area (TPSA) is 96.5 Å². The van der Waals surface area contributed by atoms with E-state index in [0.29, 0.717) is 22.7 Å². The Morgan fingerprint density at radius 2 is 1.33 bits per heavy atom. The predicted octanol–water partition coefficient (Wildman–Crippen LogP) is 7.89. The first-order valence-electron chi connectivity index (χ1n) is 14.6. The van der Waals surface area contributed by atoms with Gasteiger partial charge in [-0.25, -0.2) is 0 Å². The minimum absolute atomic E-state index is 0.0883. The number of ether oxygens (including phenoxy) is 1. The van der Waals surface area contributed by atoms with E-state index >= 15 is 0 Å². The fourth-order valence-electron chi connectivity index (χ4n) is 4.56. The molecule has 5 aromatic rings. The first-order valence-corrected chi connectivity index (χ1v) is 15.5. The number of hydrogen-bond acceptors (Lipinski definition) is 5. The third kappa shape index (κ3) is 8.74. The maximum absolute atomic E-state index is 13.6. The van der Waals surface area contributed by atoms with E-state index in [1.165, 1.54) is 11.8 Å². The largest absolute Gasteiger partial charge is 0.497 e. The molecule has 5 aromatic carbocycles. The molecule has 46 heavy (non-hydrogen) atoms. The highest BCUT2D eigenvalue weighted by atomic mass is 32.2. The van der Waals surface area contributed by atoms with E-state index in [-0.39, 0.29) is 11.6 Å². The van der Waals surface area contributed by atoms with E-state index in [1.54, 1.807) is 67.8 Å². The van der Waals surface area contributed by atoms with Crippen molar-refractivity contribution in [3.63, 3.8) is 0 Å². The van der Waals surface area contributed by atoms with Gasteiger partial charge in [-0.05, 0) is 72.2 Å². The number of rotatable bonds is 11. The zero-order valence-corrected chi connectivity index (χ0v) is 26.2. The number of amides is 3. The Morgan fingerprint density at radius 1 is 0.696 bits per heavy atom. The molecule has 0 saturated heterocycles. The summed E-state index contributed by atoms with van der Waals surface area (Å²) in [6.07, 6.45) is 1.65. The van der Waals surface area contributed by atoms with Crippen LogP contribution < -0.4 is 20.7 Å². The lowest BCUT2D eigenvalue weighted by atomic mass is 10.0. The van der Waals surface area contributed by atoms with E-state index in [1.807, 2.05) is 85.8 Å². The van der Waals surface area contributed by atoms with Crippen LogP contribution in [0.4, 0.5) is 11.4 Å². The maximum Gasteiger partial charge on any atom is 0.272 e. The van der Waals surface area contributed by atoms with Gasteiger partial charge in [-0.15, -0.1) is 11.8 Å². The van der Waals surface area contributed by atoms with Gasteiger partial charge in [0.25, 0.3) is 11.8 Å². The van der Waals surface area contributed by atoms with Crippen LogP contribution in [0.3, 0.4) is 0 Å². The summed E-state index contributed by atoms with van der Waals surface area (Å²) in [5.74, 6) is -0.399. The average molecular weight is 628 g/mol. The zero-order valence-electron chi connectivity index (χ0n) is 25.4. The third-order valence-corrected chi connectivity index (χ3v) is 8.06. The van der Waals surface area contributed by atoms with Crippen molar-refractivity contribution >= 4 is 46.9 Å². The Kier molecular flexibility index (Phi) is 10.7. The molecule has 0 aliphatic rings. The molecule has 0 heterocycles. The number of nitrogens with one attached hydrogen (secondary N) is 3. The summed E-state index contributed by atoms with van der Waals surface area (Å²) in [5.41, 5.74) is 4.55. The summed E-state index contributed by atoms with van der Waals surface area (Å²) in [4.78, 5) is 40.3. The van der Waals surface area contributed by atoms with E-state index in [2.05, 4.69) is 16.0 Å². The fraction of sp³-hybridized carbons (Fsp3) is 0.0789. The molecule has 0 aliphatic heterocycles. The van der Waals surface area contributed by atoms with E-state index in [0.717, 1.165) is 21.6 Å². The first kappa shape index (κ1) is 31.8. The molecule has 7 nitrogen and oxygen atoms in total. The van der Waals surface area contributed by atoms with Gasteiger partial charge in [0.1, 0.15) is 11.4 Å². The standard InChI is InChI=1S/C38H33N3O4S/c1-26(36(42)39-31-15-9-17-33(24-31)45-2)46-34-18-10-16-32(25-34)40-38(44)35(41-37(43)30-13-7-4-8-14-30)23-27-19-21-29(22-20-27)28-11-5-3-6-12-28/h3-26H,1-2H3,(H,39,42)(H,40,44)(H,41,43)/b35-23+. The Hall–Kier alpha value is -5.60. The predicted molar refractivity (Wildman–Crippen MR) is 186 cm³/mol. The minimum Gasteiger partial charge on any atom is -0.497 e. The van der Waals surface area contributed by atoms with Crippen molar-refractivity contribution in [2.45, 2.75) is 17.1 Å². The average Bonchev–Trinajstić information content (AvgIpc) is 3.09. The van der Waals surface area contributed by atoms with E-state index in [4.69, 9.17) is 4.74 Å². The molecule has 230 valence electrons. The molecular formula is C38H33N3O4S. The van der Waals surface area contributed by atoms with Gasteiger partial charge in [0.05, 0.1) is 12.4 Å². The van der Waals surface area contributed by atoms with Crippen LogP contribution in [0.15, 0.2) is 144 Å². The van der Waals surface area contributed by atoms with Crippen LogP contribution in [0, 0.1) is 0 Å². The molecule has 0 aromatic heterocycles. The maximum atomic E-state index is 13.6. The molecule has 0 radical (unpaired) electrons. The summed E-state index contributed by atoms with van der Waals surface area (Å²) in [5, 5.41) is 8.18. The van der Waals surface area contributed by atoms with Crippen LogP contribution in [0.5, 0.6) is 5.75 Å². The van der Waals surface area contributed by atoms with Crippen LogP contribution in [-0.4, -0.2) is 30.1 Å². The van der Waals surface area contributed by atoms with Crippen molar-refractivity contribution in [1.82, 2.24) is 5.32 Å². The lowest BCUT2D eigenvalue weighted by Gasteiger charge is -2.14. The molecule has 1 atom stereocenters. The highest BCUT2D eigenvalue weighted by Gasteiger charge is 2.18. The van der Waals surface area contributed by atoms with Crippen LogP contribution in [0.25, 0.3) is 17.2 Å². The van der Waals surface area contributed by atoms with Gasteiger partial charge in [-0.3, -0.25) is 14.4 Å². The molecule has 8 heteroatoms. The second-order valence-electron chi connectivity index (χ2n) is 10.3. The molecule has 0 aliphatic carbocycles. The van der Waals surface area contributed by atoms with Gasteiger partial charge in [0.2, 0.25) is 5.91 Å². The molecule has 0 saturated carbocycles. The van der Waals surface area contributed by atoms with Crippen molar-refractivity contribution in [2.24, 2.45) is 0 Å². The number of thioether (sulfide) groups is 1. The lowest BCUT2D eigenvalue weighted by Crippen LogP contribution is -2.30. The van der Waals surface area contributed by atoms with Gasteiger partial charge >= 0.3 is 0 Å². The Bertz CT molecular complexity index is 1840. The van der Waals surface area contributed by atoms with Gasteiger partial charge < -0.3 is 20.7 Å². The first-order chi connectivity index (χ1) is 22.4. The van der Waals surface area contributed by atoms with Crippen molar-refractivity contribution in [1.29, 1.82) is 0 Å². The number of carbonyl (C=O) groups is 3. The summed E-state index contributed by atoms with van der Waals surface area (Å²) in [6, 6.07) is 40.9. The number of carbonyl (C=O) groups excluding carboxylic acids is 3. The summed E-state index contributed by atoms with van der Waals surface area (Å²) < 4.78 is 5.23. The molecule has 5 rings (SSSR count). The summed E-state index contributed by atoms with van der Waals surface area (Å²) >= 11 is 1.36. The van der Waals surface area contributed by atoms with Crippen LogP contribution >= 0.6 is 11.8 Å². The fourth-order valence-corrected chi connectivity index (χ4v) is 5.49. The van der Waals surface area contributed by atoms with Gasteiger partial charge in [-0.1, -0.05) is 84.9 Å². The SMILES string of the molecule is COc1cccc(NC(=O)C(C)Sc2cccc(NC(=O)/C(=C\c3ccc(-c4ccccc4)cc3)NC(=O)c3ccccc3)c2)c1.